The molecule has 0 radical (unpaired) electrons. The van der Waals surface area contributed by atoms with Crippen LogP contribution in [0.25, 0.3) is 0 Å². The predicted molar refractivity (Wildman–Crippen MR) is 96.9 cm³/mol. The Morgan fingerprint density at radius 2 is 2.00 bits per heavy atom. The Morgan fingerprint density at radius 3 is 2.65 bits per heavy atom. The van der Waals surface area contributed by atoms with Crippen LogP contribution in [0.2, 0.25) is 0 Å². The first-order chi connectivity index (χ1) is 12.5. The molecule has 1 saturated carbocycles. The molecule has 26 heavy (non-hydrogen) atoms. The lowest BCUT2D eigenvalue weighted by atomic mass is 9.85. The molecule has 2 unspecified atom stereocenters. The second-order valence-electron chi connectivity index (χ2n) is 6.57. The fourth-order valence-electron chi connectivity index (χ4n) is 3.23. The van der Waals surface area contributed by atoms with Crippen LogP contribution in [0.4, 0.5) is 0 Å². The summed E-state index contributed by atoms with van der Waals surface area (Å²) in [6, 6.07) is 6.30. The molecule has 1 aliphatic rings. The minimum Gasteiger partial charge on any atom is -0.486 e. The van der Waals surface area contributed by atoms with Crippen LogP contribution in [0, 0.1) is 5.92 Å². The number of nitrogens with two attached hydrogens (primary N) is 1. The van der Waals surface area contributed by atoms with Gasteiger partial charge in [-0.3, -0.25) is 4.68 Å². The van der Waals surface area contributed by atoms with Crippen molar-refractivity contribution in [2.75, 3.05) is 6.54 Å². The molecule has 8 nitrogen and oxygen atoms in total. The van der Waals surface area contributed by atoms with Crippen molar-refractivity contribution in [3.8, 4) is 5.75 Å². The van der Waals surface area contributed by atoms with Gasteiger partial charge in [0.05, 0.1) is 4.90 Å². The van der Waals surface area contributed by atoms with Crippen molar-refractivity contribution in [3.05, 3.63) is 36.4 Å². The van der Waals surface area contributed by atoms with E-state index in [1.165, 1.54) is 6.33 Å². The summed E-state index contributed by atoms with van der Waals surface area (Å²) in [6.07, 6.45) is 5.40. The maximum Gasteiger partial charge on any atom is 0.240 e. The smallest absolute Gasteiger partial charge is 0.240 e. The zero-order chi connectivity index (χ0) is 18.6. The normalized spacial score (nSPS) is 20.8. The second kappa shape index (κ2) is 8.15. The lowest BCUT2D eigenvalue weighted by Gasteiger charge is -2.31. The van der Waals surface area contributed by atoms with E-state index in [4.69, 9.17) is 10.5 Å². The highest BCUT2D eigenvalue weighted by Gasteiger charge is 2.28. The Kier molecular flexibility index (Phi) is 5.90. The number of hydrogen-bond donors (Lipinski definition) is 2. The highest BCUT2D eigenvalue weighted by Crippen LogP contribution is 2.25. The molecule has 1 aromatic carbocycles. The molecule has 1 aromatic heterocycles. The maximum absolute atomic E-state index is 12.6. The summed E-state index contributed by atoms with van der Waals surface area (Å²) in [5.74, 6) is 1.46. The molecule has 9 heteroatoms. The summed E-state index contributed by atoms with van der Waals surface area (Å²) >= 11 is 0. The van der Waals surface area contributed by atoms with Gasteiger partial charge >= 0.3 is 0 Å². The number of sulfonamides is 1. The van der Waals surface area contributed by atoms with Gasteiger partial charge in [-0.05, 0) is 49.6 Å². The molecular formula is C17H25N5O3S. The molecule has 3 N–H and O–H groups in total. The summed E-state index contributed by atoms with van der Waals surface area (Å²) in [5, 5.41) is 3.97. The first kappa shape index (κ1) is 18.8. The zero-order valence-corrected chi connectivity index (χ0v) is 15.7. The van der Waals surface area contributed by atoms with Crippen molar-refractivity contribution in [1.29, 1.82) is 0 Å². The van der Waals surface area contributed by atoms with Crippen LogP contribution in [0.1, 0.15) is 31.5 Å². The predicted octanol–water partition coefficient (Wildman–Crippen LogP) is 1.19. The van der Waals surface area contributed by atoms with E-state index in [-0.39, 0.29) is 23.5 Å². The van der Waals surface area contributed by atoms with Gasteiger partial charge in [-0.25, -0.2) is 18.1 Å². The van der Waals surface area contributed by atoms with Gasteiger partial charge < -0.3 is 10.5 Å². The van der Waals surface area contributed by atoms with E-state index < -0.39 is 10.0 Å². The number of nitrogens with zero attached hydrogens (tertiary/aromatic N) is 3. The largest absolute Gasteiger partial charge is 0.486 e. The Labute approximate surface area is 153 Å². The molecule has 0 saturated heterocycles. The summed E-state index contributed by atoms with van der Waals surface area (Å²) in [6.45, 7) is 0.767. The Hall–Kier alpha value is -1.97. The van der Waals surface area contributed by atoms with E-state index in [1.807, 2.05) is 0 Å². The number of benzene rings is 1. The van der Waals surface area contributed by atoms with Crippen molar-refractivity contribution < 1.29 is 13.2 Å². The Balaban J connectivity index is 1.64. The van der Waals surface area contributed by atoms with Gasteiger partial charge in [-0.15, -0.1) is 0 Å². The number of rotatable bonds is 7. The minimum absolute atomic E-state index is 0.0920. The fraction of sp³-hybridized carbons (Fsp3) is 0.529. The second-order valence-corrected chi connectivity index (χ2v) is 8.28. The third-order valence-electron chi connectivity index (χ3n) is 4.83. The summed E-state index contributed by atoms with van der Waals surface area (Å²) < 4.78 is 35.4. The number of nitrogens with one attached hydrogen (secondary N) is 1. The van der Waals surface area contributed by atoms with Gasteiger partial charge in [-0.2, -0.15) is 5.10 Å². The average Bonchev–Trinajstić information content (AvgIpc) is 3.05. The third kappa shape index (κ3) is 4.40. The third-order valence-corrected chi connectivity index (χ3v) is 6.33. The summed E-state index contributed by atoms with van der Waals surface area (Å²) in [5.41, 5.74) is 5.79. The van der Waals surface area contributed by atoms with Gasteiger partial charge in [0.25, 0.3) is 0 Å². The van der Waals surface area contributed by atoms with Crippen molar-refractivity contribution in [2.24, 2.45) is 18.7 Å². The van der Waals surface area contributed by atoms with Crippen LogP contribution in [0.15, 0.2) is 35.5 Å². The fourth-order valence-corrected chi connectivity index (χ4v) is 4.57. The van der Waals surface area contributed by atoms with Gasteiger partial charge in [0, 0.05) is 13.1 Å². The van der Waals surface area contributed by atoms with Gasteiger partial charge in [0.1, 0.15) is 18.7 Å². The monoisotopic (exact) mass is 379 g/mol. The quantitative estimate of drug-likeness (QED) is 0.747. The van der Waals surface area contributed by atoms with Crippen LogP contribution in [-0.2, 0) is 23.7 Å². The van der Waals surface area contributed by atoms with Gasteiger partial charge in [-0.1, -0.05) is 12.8 Å². The molecule has 1 aliphatic carbocycles. The van der Waals surface area contributed by atoms with Gasteiger partial charge in [0.2, 0.25) is 10.0 Å². The number of aryl methyl sites for hydroxylation is 1. The lowest BCUT2D eigenvalue weighted by Crippen LogP contribution is -2.44. The molecule has 3 rings (SSSR count). The molecule has 0 bridgehead atoms. The van der Waals surface area contributed by atoms with Crippen LogP contribution in [-0.4, -0.2) is 35.8 Å². The lowest BCUT2D eigenvalue weighted by molar-refractivity contribution is 0.289. The number of hydrogen-bond acceptors (Lipinski definition) is 6. The van der Waals surface area contributed by atoms with E-state index in [0.29, 0.717) is 18.1 Å². The first-order valence-corrected chi connectivity index (χ1v) is 10.3. The van der Waals surface area contributed by atoms with Crippen LogP contribution in [0.5, 0.6) is 5.75 Å². The highest BCUT2D eigenvalue weighted by molar-refractivity contribution is 7.89. The van der Waals surface area contributed by atoms with Crippen molar-refractivity contribution in [3.63, 3.8) is 0 Å². The van der Waals surface area contributed by atoms with E-state index in [0.717, 1.165) is 25.7 Å². The highest BCUT2D eigenvalue weighted by atomic mass is 32.2. The van der Waals surface area contributed by atoms with Crippen molar-refractivity contribution >= 4 is 10.0 Å². The molecule has 0 aliphatic heterocycles. The Bertz CT molecular complexity index is 819. The van der Waals surface area contributed by atoms with E-state index in [1.54, 1.807) is 36.0 Å². The first-order valence-electron chi connectivity index (χ1n) is 8.78. The van der Waals surface area contributed by atoms with Crippen molar-refractivity contribution in [2.45, 2.75) is 43.2 Å². The molecule has 142 valence electrons. The molecule has 0 amide bonds. The van der Waals surface area contributed by atoms with E-state index in [9.17, 15) is 8.42 Å². The van der Waals surface area contributed by atoms with E-state index >= 15 is 0 Å². The maximum atomic E-state index is 12.6. The topological polar surface area (TPSA) is 112 Å². The SMILES string of the molecule is Cn1ncnc1COc1ccc(S(=O)(=O)NC2CCCCC2CN)cc1. The number of ether oxygens (including phenoxy) is 1. The number of aromatic nitrogens is 3. The van der Waals surface area contributed by atoms with Crippen molar-refractivity contribution in [1.82, 2.24) is 19.5 Å². The molecule has 1 heterocycles. The Morgan fingerprint density at radius 1 is 1.27 bits per heavy atom. The van der Waals surface area contributed by atoms with Crippen LogP contribution in [0.3, 0.4) is 0 Å². The van der Waals surface area contributed by atoms with Crippen LogP contribution >= 0.6 is 0 Å². The van der Waals surface area contributed by atoms with Gasteiger partial charge in [0.15, 0.2) is 5.82 Å². The van der Waals surface area contributed by atoms with Crippen LogP contribution < -0.4 is 15.2 Å². The minimum atomic E-state index is -3.57. The molecular weight excluding hydrogens is 354 g/mol. The molecule has 1 fully saturated rings. The summed E-state index contributed by atoms with van der Waals surface area (Å²) in [7, 11) is -1.79. The molecule has 2 aromatic rings. The van der Waals surface area contributed by atoms with E-state index in [2.05, 4.69) is 14.8 Å². The summed E-state index contributed by atoms with van der Waals surface area (Å²) in [4.78, 5) is 4.31. The zero-order valence-electron chi connectivity index (χ0n) is 14.8. The molecule has 2 atom stereocenters. The standard InChI is InChI=1S/C17H25N5O3S/c1-22-17(19-12-20-22)11-25-14-6-8-15(9-7-14)26(23,24)21-16-5-3-2-4-13(16)10-18/h6-9,12-13,16,21H,2-5,10-11,18H2,1H3. The molecule has 0 spiro atoms. The average molecular weight is 379 g/mol.